The van der Waals surface area contributed by atoms with Crippen LogP contribution in [0.1, 0.15) is 40.5 Å². The van der Waals surface area contributed by atoms with Crippen LogP contribution in [0.25, 0.3) is 0 Å². The lowest BCUT2D eigenvalue weighted by Gasteiger charge is -2.22. The van der Waals surface area contributed by atoms with Crippen molar-refractivity contribution in [3.63, 3.8) is 0 Å². The SMILES string of the molecule is C#C/C=C(F)\C=C(\CC)CNC(=C)C(C)C(C)CC. The minimum atomic E-state index is -0.373. The molecule has 0 aliphatic rings. The average Bonchev–Trinajstić information content (AvgIpc) is 2.41. The number of hydrogen-bond donors (Lipinski definition) is 1. The molecule has 0 bridgehead atoms. The zero-order valence-electron chi connectivity index (χ0n) is 12.6. The van der Waals surface area contributed by atoms with Crippen molar-refractivity contribution in [1.29, 1.82) is 0 Å². The van der Waals surface area contributed by atoms with Crippen LogP contribution in [0.5, 0.6) is 0 Å². The Bertz CT molecular complexity index is 385. The number of nitrogens with one attached hydrogen (secondary N) is 1. The van der Waals surface area contributed by atoms with Crippen LogP contribution < -0.4 is 5.32 Å². The zero-order valence-corrected chi connectivity index (χ0v) is 12.6. The molecule has 0 radical (unpaired) electrons. The summed E-state index contributed by atoms with van der Waals surface area (Å²) >= 11 is 0. The first kappa shape index (κ1) is 17.5. The molecule has 0 aromatic heterocycles. The molecular formula is C17H26FN. The molecule has 0 saturated heterocycles. The Morgan fingerprint density at radius 2 is 2.05 bits per heavy atom. The van der Waals surface area contributed by atoms with Gasteiger partial charge in [0.25, 0.3) is 0 Å². The summed E-state index contributed by atoms with van der Waals surface area (Å²) in [5.41, 5.74) is 1.98. The van der Waals surface area contributed by atoms with Gasteiger partial charge in [0.15, 0.2) is 0 Å². The summed E-state index contributed by atoms with van der Waals surface area (Å²) in [6.45, 7) is 13.2. The molecule has 1 N–H and O–H groups in total. The lowest BCUT2D eigenvalue weighted by molar-refractivity contribution is 0.410. The van der Waals surface area contributed by atoms with E-state index in [1.54, 1.807) is 0 Å². The number of rotatable bonds is 8. The quantitative estimate of drug-likeness (QED) is 0.498. The van der Waals surface area contributed by atoms with Gasteiger partial charge in [-0.05, 0) is 29.9 Å². The summed E-state index contributed by atoms with van der Waals surface area (Å²) in [5, 5.41) is 3.29. The fourth-order valence-corrected chi connectivity index (χ4v) is 1.68. The van der Waals surface area contributed by atoms with E-state index in [4.69, 9.17) is 6.42 Å². The lowest BCUT2D eigenvalue weighted by Crippen LogP contribution is -2.23. The molecule has 1 nitrogen and oxygen atoms in total. The van der Waals surface area contributed by atoms with Crippen LogP contribution in [0, 0.1) is 24.2 Å². The smallest absolute Gasteiger partial charge is 0.131 e. The summed E-state index contributed by atoms with van der Waals surface area (Å²) in [6, 6.07) is 0. The second-order valence-corrected chi connectivity index (χ2v) is 4.91. The molecule has 106 valence electrons. The van der Waals surface area contributed by atoms with Crippen molar-refractivity contribution in [2.24, 2.45) is 11.8 Å². The summed E-state index contributed by atoms with van der Waals surface area (Å²) in [4.78, 5) is 0. The van der Waals surface area contributed by atoms with Crippen LogP contribution in [-0.4, -0.2) is 6.54 Å². The molecule has 0 rings (SSSR count). The molecule has 2 unspecified atom stereocenters. The molecule has 0 saturated carbocycles. The molecule has 0 amide bonds. The maximum absolute atomic E-state index is 13.3. The monoisotopic (exact) mass is 263 g/mol. The summed E-state index contributed by atoms with van der Waals surface area (Å²) in [7, 11) is 0. The van der Waals surface area contributed by atoms with Crippen molar-refractivity contribution in [3.05, 3.63) is 35.8 Å². The molecule has 19 heavy (non-hydrogen) atoms. The van der Waals surface area contributed by atoms with Gasteiger partial charge in [0.2, 0.25) is 0 Å². The van der Waals surface area contributed by atoms with Gasteiger partial charge in [-0.15, -0.1) is 6.42 Å². The summed E-state index contributed by atoms with van der Waals surface area (Å²) < 4.78 is 13.3. The van der Waals surface area contributed by atoms with E-state index in [1.807, 2.05) is 6.92 Å². The topological polar surface area (TPSA) is 12.0 Å². The molecule has 0 aliphatic heterocycles. The highest BCUT2D eigenvalue weighted by Gasteiger charge is 2.13. The Balaban J connectivity index is 4.49. The molecule has 0 spiro atoms. The van der Waals surface area contributed by atoms with Crippen molar-refractivity contribution in [2.45, 2.75) is 40.5 Å². The molecule has 0 aromatic carbocycles. The van der Waals surface area contributed by atoms with E-state index in [9.17, 15) is 4.39 Å². The van der Waals surface area contributed by atoms with Gasteiger partial charge in [-0.2, -0.15) is 0 Å². The maximum atomic E-state index is 13.3. The van der Waals surface area contributed by atoms with Crippen LogP contribution in [-0.2, 0) is 0 Å². The first-order chi connectivity index (χ1) is 8.96. The fraction of sp³-hybridized carbons (Fsp3) is 0.529. The Hall–Kier alpha value is -1.49. The molecule has 2 heteroatoms. The molecule has 0 aromatic rings. The van der Waals surface area contributed by atoms with E-state index in [1.165, 1.54) is 6.08 Å². The summed E-state index contributed by atoms with van der Waals surface area (Å²) in [5.74, 6) is 2.81. The van der Waals surface area contributed by atoms with E-state index in [2.05, 4.69) is 38.6 Å². The molecule has 2 atom stereocenters. The Morgan fingerprint density at radius 1 is 1.42 bits per heavy atom. The van der Waals surface area contributed by atoms with Crippen molar-refractivity contribution in [1.82, 2.24) is 5.32 Å². The first-order valence-corrected chi connectivity index (χ1v) is 6.90. The van der Waals surface area contributed by atoms with Gasteiger partial charge >= 0.3 is 0 Å². The van der Waals surface area contributed by atoms with Gasteiger partial charge in [0.1, 0.15) is 5.83 Å². The Labute approximate surface area is 117 Å². The van der Waals surface area contributed by atoms with Crippen LogP contribution in [0.15, 0.2) is 35.8 Å². The average molecular weight is 263 g/mol. The number of hydrogen-bond acceptors (Lipinski definition) is 1. The minimum absolute atomic E-state index is 0.373. The van der Waals surface area contributed by atoms with Crippen molar-refractivity contribution >= 4 is 0 Å². The van der Waals surface area contributed by atoms with E-state index < -0.39 is 0 Å². The van der Waals surface area contributed by atoms with E-state index in [-0.39, 0.29) is 5.83 Å². The Kier molecular flexibility index (Phi) is 8.70. The number of halogens is 1. The predicted molar refractivity (Wildman–Crippen MR) is 82.2 cm³/mol. The highest BCUT2D eigenvalue weighted by Crippen LogP contribution is 2.20. The minimum Gasteiger partial charge on any atom is -0.385 e. The van der Waals surface area contributed by atoms with Gasteiger partial charge in [0, 0.05) is 18.3 Å². The van der Waals surface area contributed by atoms with Crippen molar-refractivity contribution in [2.75, 3.05) is 6.54 Å². The van der Waals surface area contributed by atoms with Crippen molar-refractivity contribution in [3.8, 4) is 12.3 Å². The van der Waals surface area contributed by atoms with Gasteiger partial charge in [-0.3, -0.25) is 0 Å². The number of allylic oxidation sites excluding steroid dienone is 4. The third-order valence-corrected chi connectivity index (χ3v) is 3.61. The van der Waals surface area contributed by atoms with E-state index in [0.717, 1.165) is 30.2 Å². The van der Waals surface area contributed by atoms with Gasteiger partial charge in [-0.1, -0.05) is 46.6 Å². The first-order valence-electron chi connectivity index (χ1n) is 6.90. The van der Waals surface area contributed by atoms with Crippen LogP contribution in [0.4, 0.5) is 4.39 Å². The van der Waals surface area contributed by atoms with Gasteiger partial charge in [-0.25, -0.2) is 4.39 Å². The predicted octanol–water partition coefficient (Wildman–Crippen LogP) is 4.59. The molecular weight excluding hydrogens is 237 g/mol. The Morgan fingerprint density at radius 3 is 2.53 bits per heavy atom. The summed E-state index contributed by atoms with van der Waals surface area (Å²) in [6.07, 6.45) is 9.56. The third-order valence-electron chi connectivity index (χ3n) is 3.61. The van der Waals surface area contributed by atoms with Gasteiger partial charge < -0.3 is 5.32 Å². The second kappa shape index (κ2) is 9.44. The standard InChI is InChI=1S/C17H26FN/c1-7-10-17(18)11-16(9-3)12-19-15(6)14(5)13(4)8-2/h1,10-11,13-14,19H,6,8-9,12H2,2-5H3/b16-11-,17-10+. The fourth-order valence-electron chi connectivity index (χ4n) is 1.68. The normalized spacial score (nSPS) is 15.6. The molecule has 0 fully saturated rings. The molecule has 0 aliphatic carbocycles. The largest absolute Gasteiger partial charge is 0.385 e. The second-order valence-electron chi connectivity index (χ2n) is 4.91. The number of terminal acetylenes is 1. The lowest BCUT2D eigenvalue weighted by atomic mass is 9.91. The highest BCUT2D eigenvalue weighted by atomic mass is 19.1. The molecule has 0 heterocycles. The van der Waals surface area contributed by atoms with E-state index in [0.29, 0.717) is 18.4 Å². The van der Waals surface area contributed by atoms with Crippen molar-refractivity contribution < 1.29 is 4.39 Å². The van der Waals surface area contributed by atoms with Crippen LogP contribution >= 0.6 is 0 Å². The van der Waals surface area contributed by atoms with Crippen LogP contribution in [0.2, 0.25) is 0 Å². The maximum Gasteiger partial charge on any atom is 0.131 e. The highest BCUT2D eigenvalue weighted by molar-refractivity contribution is 5.25. The third kappa shape index (κ3) is 6.86. The van der Waals surface area contributed by atoms with Crippen LogP contribution in [0.3, 0.4) is 0 Å². The van der Waals surface area contributed by atoms with E-state index >= 15 is 0 Å². The zero-order chi connectivity index (χ0) is 14.8. The van der Waals surface area contributed by atoms with Gasteiger partial charge in [0.05, 0.1) is 0 Å².